The van der Waals surface area contributed by atoms with Gasteiger partial charge in [0, 0.05) is 19.5 Å². The van der Waals surface area contributed by atoms with Gasteiger partial charge in [-0.05, 0) is 13.3 Å². The Hall–Kier alpha value is -0.780. The molecule has 0 aromatic carbocycles. The summed E-state index contributed by atoms with van der Waals surface area (Å²) in [6.45, 7) is 3.44. The molecule has 1 rings (SSSR count). The van der Waals surface area contributed by atoms with Crippen LogP contribution in [0.2, 0.25) is 0 Å². The first kappa shape index (κ1) is 9.31. The maximum Gasteiger partial charge on any atom is 0.0848 e. The Bertz CT molecular complexity index is 222. The molecule has 0 saturated carbocycles. The maximum atomic E-state index is 9.26. The van der Waals surface area contributed by atoms with Crippen LogP contribution in [0.15, 0.2) is 11.6 Å². The highest BCUT2D eigenvalue weighted by atomic mass is 16.3. The van der Waals surface area contributed by atoms with E-state index in [0.717, 1.165) is 19.4 Å². The van der Waals surface area contributed by atoms with Crippen molar-refractivity contribution in [3.63, 3.8) is 0 Å². The smallest absolute Gasteiger partial charge is 0.0848 e. The van der Waals surface area contributed by atoms with Crippen LogP contribution in [0.3, 0.4) is 0 Å². The minimum absolute atomic E-state index is 0.302. The Morgan fingerprint density at radius 1 is 1.75 bits per heavy atom. The topological polar surface area (TPSA) is 32.3 Å². The van der Waals surface area contributed by atoms with Crippen LogP contribution in [0.1, 0.15) is 19.8 Å². The highest BCUT2D eigenvalue weighted by Crippen LogP contribution is 2.08. The second-order valence-electron chi connectivity index (χ2n) is 2.95. The molecule has 0 amide bonds. The van der Waals surface area contributed by atoms with E-state index in [2.05, 4.69) is 17.2 Å². The quantitative estimate of drug-likeness (QED) is 0.466. The first-order chi connectivity index (χ1) is 5.83. The molecule has 0 aromatic heterocycles. The van der Waals surface area contributed by atoms with Crippen molar-refractivity contribution in [3.8, 4) is 11.8 Å². The fourth-order valence-electron chi connectivity index (χ4n) is 1.29. The molecule has 1 atom stereocenters. The monoisotopic (exact) mass is 165 g/mol. The van der Waals surface area contributed by atoms with Crippen molar-refractivity contribution in [2.75, 3.05) is 13.1 Å². The Kier molecular flexibility index (Phi) is 3.86. The lowest BCUT2D eigenvalue weighted by Crippen LogP contribution is -2.32. The summed E-state index contributed by atoms with van der Waals surface area (Å²) >= 11 is 0. The predicted molar refractivity (Wildman–Crippen MR) is 49.6 cm³/mol. The zero-order valence-corrected chi connectivity index (χ0v) is 7.43. The van der Waals surface area contributed by atoms with Gasteiger partial charge in [0.1, 0.15) is 0 Å². The summed E-state index contributed by atoms with van der Waals surface area (Å²) in [7, 11) is 0. The van der Waals surface area contributed by atoms with Crippen molar-refractivity contribution in [1.82, 2.24) is 5.32 Å². The minimum Gasteiger partial charge on any atom is -0.388 e. The van der Waals surface area contributed by atoms with E-state index in [1.54, 1.807) is 0 Å². The Morgan fingerprint density at radius 2 is 2.58 bits per heavy atom. The molecule has 0 aliphatic carbocycles. The molecule has 0 saturated heterocycles. The predicted octanol–water partition coefficient (Wildman–Crippen LogP) is 0.680. The van der Waals surface area contributed by atoms with E-state index in [4.69, 9.17) is 0 Å². The lowest BCUT2D eigenvalue weighted by molar-refractivity contribution is 0.212. The van der Waals surface area contributed by atoms with Crippen LogP contribution >= 0.6 is 0 Å². The summed E-state index contributed by atoms with van der Waals surface area (Å²) in [5.74, 6) is 5.87. The van der Waals surface area contributed by atoms with Crippen LogP contribution in [-0.2, 0) is 0 Å². The van der Waals surface area contributed by atoms with E-state index in [0.29, 0.717) is 6.54 Å². The molecule has 2 heteroatoms. The van der Waals surface area contributed by atoms with E-state index < -0.39 is 0 Å². The molecule has 1 heterocycles. The summed E-state index contributed by atoms with van der Waals surface area (Å²) in [5, 5.41) is 12.4. The van der Waals surface area contributed by atoms with Crippen molar-refractivity contribution in [1.29, 1.82) is 0 Å². The van der Waals surface area contributed by atoms with Gasteiger partial charge in [0.15, 0.2) is 0 Å². The third-order valence-electron chi connectivity index (χ3n) is 1.88. The van der Waals surface area contributed by atoms with Crippen molar-refractivity contribution in [3.05, 3.63) is 11.6 Å². The van der Waals surface area contributed by atoms with Gasteiger partial charge < -0.3 is 10.4 Å². The third-order valence-corrected chi connectivity index (χ3v) is 1.88. The lowest BCUT2D eigenvalue weighted by Gasteiger charge is -2.17. The van der Waals surface area contributed by atoms with Gasteiger partial charge in [0.2, 0.25) is 0 Å². The van der Waals surface area contributed by atoms with Crippen LogP contribution in [0, 0.1) is 11.8 Å². The number of nitrogens with one attached hydrogen (secondary N) is 1. The number of aliphatic hydroxyl groups excluding tert-OH is 1. The first-order valence-electron chi connectivity index (χ1n) is 4.31. The van der Waals surface area contributed by atoms with Crippen molar-refractivity contribution >= 4 is 0 Å². The van der Waals surface area contributed by atoms with E-state index in [1.165, 1.54) is 5.57 Å². The molecule has 2 N–H and O–H groups in total. The highest BCUT2D eigenvalue weighted by molar-refractivity contribution is 5.13. The fourth-order valence-corrected chi connectivity index (χ4v) is 1.29. The van der Waals surface area contributed by atoms with E-state index in [-0.39, 0.29) is 6.10 Å². The summed E-state index contributed by atoms with van der Waals surface area (Å²) < 4.78 is 0. The summed E-state index contributed by atoms with van der Waals surface area (Å²) in [6.07, 6.45) is 3.51. The fraction of sp³-hybridized carbons (Fsp3) is 0.600. The molecule has 0 radical (unpaired) electrons. The van der Waals surface area contributed by atoms with E-state index in [1.807, 2.05) is 13.0 Å². The van der Waals surface area contributed by atoms with E-state index in [9.17, 15) is 5.11 Å². The van der Waals surface area contributed by atoms with Crippen molar-refractivity contribution in [2.45, 2.75) is 25.9 Å². The standard InChI is InChI=1S/C10H15NO/c1-2-3-4-5-9-6-10(12)8-11-7-9/h6,10-12H,4-5,7-8H2,1H3. The summed E-state index contributed by atoms with van der Waals surface area (Å²) in [4.78, 5) is 0. The SMILES string of the molecule is CC#CCCC1=CC(O)CNC1. The lowest BCUT2D eigenvalue weighted by atomic mass is 10.1. The van der Waals surface area contributed by atoms with Gasteiger partial charge >= 0.3 is 0 Å². The first-order valence-corrected chi connectivity index (χ1v) is 4.31. The number of hydrogen-bond acceptors (Lipinski definition) is 2. The normalized spacial score (nSPS) is 22.5. The van der Waals surface area contributed by atoms with E-state index >= 15 is 0 Å². The van der Waals surface area contributed by atoms with Gasteiger partial charge in [0.25, 0.3) is 0 Å². The number of rotatable bonds is 2. The van der Waals surface area contributed by atoms with Crippen LogP contribution in [-0.4, -0.2) is 24.3 Å². The Morgan fingerprint density at radius 3 is 3.25 bits per heavy atom. The van der Waals surface area contributed by atoms with Gasteiger partial charge in [-0.2, -0.15) is 0 Å². The van der Waals surface area contributed by atoms with Gasteiger partial charge in [-0.25, -0.2) is 0 Å². The van der Waals surface area contributed by atoms with Crippen molar-refractivity contribution < 1.29 is 5.11 Å². The number of hydrogen-bond donors (Lipinski definition) is 2. The highest BCUT2D eigenvalue weighted by Gasteiger charge is 2.08. The minimum atomic E-state index is -0.302. The Balaban J connectivity index is 2.33. The molecule has 0 fully saturated rings. The molecule has 0 aromatic rings. The Labute approximate surface area is 73.7 Å². The zero-order valence-electron chi connectivity index (χ0n) is 7.43. The maximum absolute atomic E-state index is 9.26. The third kappa shape index (κ3) is 3.08. The second-order valence-corrected chi connectivity index (χ2v) is 2.95. The van der Waals surface area contributed by atoms with Crippen LogP contribution in [0.25, 0.3) is 0 Å². The summed E-state index contributed by atoms with van der Waals surface area (Å²) in [6, 6.07) is 0. The molecule has 1 aliphatic rings. The van der Waals surface area contributed by atoms with Crippen LogP contribution < -0.4 is 5.32 Å². The average molecular weight is 165 g/mol. The second kappa shape index (κ2) is 4.97. The summed E-state index contributed by atoms with van der Waals surface area (Å²) in [5.41, 5.74) is 1.27. The molecule has 66 valence electrons. The van der Waals surface area contributed by atoms with Gasteiger partial charge in [-0.1, -0.05) is 11.6 Å². The molecular weight excluding hydrogens is 150 g/mol. The van der Waals surface area contributed by atoms with Gasteiger partial charge in [-0.15, -0.1) is 11.8 Å². The number of aliphatic hydroxyl groups is 1. The molecule has 1 aliphatic heterocycles. The zero-order chi connectivity index (χ0) is 8.81. The molecule has 0 bridgehead atoms. The molecule has 12 heavy (non-hydrogen) atoms. The number of β-amino-alcohol motifs (C(OH)–C–C–N with tert-alkyl or cyclic N) is 1. The largest absolute Gasteiger partial charge is 0.388 e. The van der Waals surface area contributed by atoms with Gasteiger partial charge in [-0.3, -0.25) is 0 Å². The average Bonchev–Trinajstić information content (AvgIpc) is 2.05. The van der Waals surface area contributed by atoms with Crippen LogP contribution in [0.4, 0.5) is 0 Å². The molecule has 2 nitrogen and oxygen atoms in total. The molecule has 1 unspecified atom stereocenters. The van der Waals surface area contributed by atoms with Crippen molar-refractivity contribution in [2.24, 2.45) is 0 Å². The molecular formula is C10H15NO. The molecule has 0 spiro atoms. The van der Waals surface area contributed by atoms with Gasteiger partial charge in [0.05, 0.1) is 6.10 Å². The van der Waals surface area contributed by atoms with Crippen LogP contribution in [0.5, 0.6) is 0 Å².